The summed E-state index contributed by atoms with van der Waals surface area (Å²) in [6.45, 7) is 0. The Labute approximate surface area is 169 Å². The van der Waals surface area contributed by atoms with Crippen LogP contribution in [0, 0.1) is 0 Å². The van der Waals surface area contributed by atoms with E-state index < -0.39 is 17.1 Å². The van der Waals surface area contributed by atoms with E-state index in [1.807, 2.05) is 0 Å². The summed E-state index contributed by atoms with van der Waals surface area (Å²) < 4.78 is 0. The van der Waals surface area contributed by atoms with Crippen molar-refractivity contribution < 1.29 is 24.3 Å². The molecule has 1 heterocycles. The van der Waals surface area contributed by atoms with Gasteiger partial charge in [-0.15, -0.1) is 11.8 Å². The van der Waals surface area contributed by atoms with Gasteiger partial charge in [0.05, 0.1) is 22.3 Å². The average molecular weight is 419 g/mol. The number of carboxylic acid groups (broad SMARTS) is 1. The second-order valence-electron chi connectivity index (χ2n) is 5.98. The summed E-state index contributed by atoms with van der Waals surface area (Å²) >= 11 is 6.88. The van der Waals surface area contributed by atoms with Crippen molar-refractivity contribution in [3.8, 4) is 0 Å². The number of hydrogen-bond acceptors (Lipinski definition) is 5. The standard InChI is InChI=1S/C19H15ClN2O5S/c20-12-3-5-13(6-4-12)21-16(23)10-28-15-9-17(24)22(18(15)25)14-7-1-11(2-8-14)19(26)27/h1-8,15H,9-10H2,(H,21,23)(H,26,27)/t15-/m1/s1. The number of aromatic carboxylic acids is 1. The van der Waals surface area contributed by atoms with E-state index in [0.717, 1.165) is 16.7 Å². The van der Waals surface area contributed by atoms with Gasteiger partial charge < -0.3 is 10.4 Å². The molecule has 3 rings (SSSR count). The van der Waals surface area contributed by atoms with Gasteiger partial charge in [-0.1, -0.05) is 11.6 Å². The van der Waals surface area contributed by atoms with E-state index in [4.69, 9.17) is 16.7 Å². The molecule has 1 aliphatic heterocycles. The van der Waals surface area contributed by atoms with Gasteiger partial charge in [0.25, 0.3) is 0 Å². The van der Waals surface area contributed by atoms with Gasteiger partial charge in [0.2, 0.25) is 17.7 Å². The molecule has 144 valence electrons. The second-order valence-corrected chi connectivity index (χ2v) is 7.61. The molecule has 1 aliphatic rings. The van der Waals surface area contributed by atoms with Crippen LogP contribution in [0.2, 0.25) is 5.02 Å². The van der Waals surface area contributed by atoms with Crippen LogP contribution in [0.5, 0.6) is 0 Å². The fraction of sp³-hybridized carbons (Fsp3) is 0.158. The first-order chi connectivity index (χ1) is 13.3. The molecule has 0 aromatic heterocycles. The van der Waals surface area contributed by atoms with Crippen molar-refractivity contribution in [1.82, 2.24) is 0 Å². The van der Waals surface area contributed by atoms with Crippen LogP contribution in [0.4, 0.5) is 11.4 Å². The van der Waals surface area contributed by atoms with Gasteiger partial charge in [0, 0.05) is 17.1 Å². The molecule has 2 aromatic carbocycles. The van der Waals surface area contributed by atoms with Crippen LogP contribution >= 0.6 is 23.4 Å². The maximum absolute atomic E-state index is 12.6. The highest BCUT2D eigenvalue weighted by Gasteiger charge is 2.40. The number of carbonyl (C=O) groups excluding carboxylic acids is 3. The Morgan fingerprint density at radius 3 is 2.36 bits per heavy atom. The minimum atomic E-state index is -1.09. The van der Waals surface area contributed by atoms with Gasteiger partial charge in [-0.05, 0) is 48.5 Å². The number of thioether (sulfide) groups is 1. The zero-order chi connectivity index (χ0) is 20.3. The van der Waals surface area contributed by atoms with Crippen LogP contribution in [0.1, 0.15) is 16.8 Å². The molecular formula is C19H15ClN2O5S. The SMILES string of the molecule is O=C(CS[C@@H]1CC(=O)N(c2ccc(C(=O)O)cc2)C1=O)Nc1ccc(Cl)cc1. The maximum Gasteiger partial charge on any atom is 0.335 e. The summed E-state index contributed by atoms with van der Waals surface area (Å²) in [6, 6.07) is 12.1. The smallest absolute Gasteiger partial charge is 0.335 e. The van der Waals surface area contributed by atoms with Crippen LogP contribution in [0.25, 0.3) is 0 Å². The Morgan fingerprint density at radius 2 is 1.75 bits per heavy atom. The molecule has 0 unspecified atom stereocenters. The van der Waals surface area contributed by atoms with E-state index in [9.17, 15) is 19.2 Å². The molecule has 2 N–H and O–H groups in total. The molecule has 2 aromatic rings. The minimum absolute atomic E-state index is 0.0120. The fourth-order valence-corrected chi connectivity index (χ4v) is 3.72. The number of anilines is 2. The van der Waals surface area contributed by atoms with E-state index in [-0.39, 0.29) is 29.6 Å². The van der Waals surface area contributed by atoms with Crippen molar-refractivity contribution in [2.75, 3.05) is 16.0 Å². The summed E-state index contributed by atoms with van der Waals surface area (Å²) in [7, 11) is 0. The number of nitrogens with one attached hydrogen (secondary N) is 1. The molecular weight excluding hydrogens is 404 g/mol. The Kier molecular flexibility index (Phi) is 6.01. The third-order valence-electron chi connectivity index (χ3n) is 4.02. The van der Waals surface area contributed by atoms with Crippen molar-refractivity contribution in [1.29, 1.82) is 0 Å². The predicted molar refractivity (Wildman–Crippen MR) is 107 cm³/mol. The molecule has 0 saturated carbocycles. The highest BCUT2D eigenvalue weighted by atomic mass is 35.5. The van der Waals surface area contributed by atoms with Crippen LogP contribution in [-0.2, 0) is 14.4 Å². The van der Waals surface area contributed by atoms with Crippen molar-refractivity contribution in [3.63, 3.8) is 0 Å². The quantitative estimate of drug-likeness (QED) is 0.699. The van der Waals surface area contributed by atoms with Crippen molar-refractivity contribution in [2.24, 2.45) is 0 Å². The molecule has 1 fully saturated rings. The number of rotatable bonds is 6. The zero-order valence-corrected chi connectivity index (χ0v) is 16.0. The molecule has 28 heavy (non-hydrogen) atoms. The van der Waals surface area contributed by atoms with E-state index in [0.29, 0.717) is 16.4 Å². The van der Waals surface area contributed by atoms with Gasteiger partial charge >= 0.3 is 5.97 Å². The van der Waals surface area contributed by atoms with Crippen molar-refractivity contribution in [2.45, 2.75) is 11.7 Å². The third-order valence-corrected chi connectivity index (χ3v) is 5.47. The van der Waals surface area contributed by atoms with Crippen LogP contribution in [0.3, 0.4) is 0 Å². The highest BCUT2D eigenvalue weighted by molar-refractivity contribution is 8.01. The lowest BCUT2D eigenvalue weighted by Crippen LogP contribution is -2.31. The predicted octanol–water partition coefficient (Wildman–Crippen LogP) is 3.04. The number of imide groups is 1. The Balaban J connectivity index is 1.59. The molecule has 0 aliphatic carbocycles. The number of amides is 3. The number of halogens is 1. The van der Waals surface area contributed by atoms with Gasteiger partial charge in [-0.2, -0.15) is 0 Å². The van der Waals surface area contributed by atoms with E-state index >= 15 is 0 Å². The van der Waals surface area contributed by atoms with Crippen molar-refractivity contribution >= 4 is 58.4 Å². The maximum atomic E-state index is 12.6. The van der Waals surface area contributed by atoms with E-state index in [2.05, 4.69) is 5.32 Å². The largest absolute Gasteiger partial charge is 0.478 e. The molecule has 1 atom stereocenters. The van der Waals surface area contributed by atoms with E-state index in [1.165, 1.54) is 24.3 Å². The normalized spacial score (nSPS) is 16.3. The molecule has 1 saturated heterocycles. The van der Waals surface area contributed by atoms with Crippen LogP contribution in [0.15, 0.2) is 48.5 Å². The second kappa shape index (κ2) is 8.45. The Bertz CT molecular complexity index is 930. The highest BCUT2D eigenvalue weighted by Crippen LogP contribution is 2.30. The summed E-state index contributed by atoms with van der Waals surface area (Å²) in [4.78, 5) is 48.8. The first-order valence-electron chi connectivity index (χ1n) is 8.22. The summed E-state index contributed by atoms with van der Waals surface area (Å²) in [5, 5.41) is 11.5. The van der Waals surface area contributed by atoms with Crippen LogP contribution in [-0.4, -0.2) is 39.8 Å². The third kappa shape index (κ3) is 4.52. The van der Waals surface area contributed by atoms with Crippen molar-refractivity contribution in [3.05, 3.63) is 59.1 Å². The number of carbonyl (C=O) groups is 4. The first kappa shape index (κ1) is 19.9. The molecule has 0 spiro atoms. The van der Waals surface area contributed by atoms with Gasteiger partial charge in [-0.3, -0.25) is 14.4 Å². The molecule has 0 bridgehead atoms. The summed E-state index contributed by atoms with van der Waals surface area (Å²) in [5.74, 6) is -2.18. The Morgan fingerprint density at radius 1 is 1.11 bits per heavy atom. The average Bonchev–Trinajstić information content (AvgIpc) is 2.95. The topological polar surface area (TPSA) is 104 Å². The minimum Gasteiger partial charge on any atom is -0.478 e. The molecule has 7 nitrogen and oxygen atoms in total. The first-order valence-corrected chi connectivity index (χ1v) is 9.65. The number of hydrogen-bond donors (Lipinski definition) is 2. The monoisotopic (exact) mass is 418 g/mol. The fourth-order valence-electron chi connectivity index (χ4n) is 2.67. The lowest BCUT2D eigenvalue weighted by atomic mass is 10.2. The van der Waals surface area contributed by atoms with Gasteiger partial charge in [-0.25, -0.2) is 9.69 Å². The zero-order valence-electron chi connectivity index (χ0n) is 14.4. The number of benzene rings is 2. The summed E-state index contributed by atoms with van der Waals surface area (Å²) in [6.07, 6.45) is -0.0155. The lowest BCUT2D eigenvalue weighted by Gasteiger charge is -2.15. The molecule has 0 radical (unpaired) electrons. The van der Waals surface area contributed by atoms with E-state index in [1.54, 1.807) is 24.3 Å². The number of carboxylic acids is 1. The van der Waals surface area contributed by atoms with Crippen LogP contribution < -0.4 is 10.2 Å². The van der Waals surface area contributed by atoms with Gasteiger partial charge in [0.1, 0.15) is 0 Å². The molecule has 3 amide bonds. The molecule has 9 heteroatoms. The lowest BCUT2D eigenvalue weighted by molar-refractivity contribution is -0.121. The summed E-state index contributed by atoms with van der Waals surface area (Å²) in [5.41, 5.74) is 0.963. The Hall–Kier alpha value is -2.84. The number of nitrogens with zero attached hydrogens (tertiary/aromatic N) is 1. The van der Waals surface area contributed by atoms with Gasteiger partial charge in [0.15, 0.2) is 0 Å².